The molecular formula is C14H19FN2O3. The van der Waals surface area contributed by atoms with Crippen LogP contribution in [0.25, 0.3) is 0 Å². The van der Waals surface area contributed by atoms with Crippen molar-refractivity contribution in [2.45, 2.75) is 26.3 Å². The summed E-state index contributed by atoms with van der Waals surface area (Å²) in [7, 11) is 0. The van der Waals surface area contributed by atoms with Gasteiger partial charge in [0.15, 0.2) is 0 Å². The second kappa shape index (κ2) is 8.27. The molecule has 1 aromatic rings. The monoisotopic (exact) mass is 282 g/mol. The van der Waals surface area contributed by atoms with Crippen molar-refractivity contribution in [3.05, 3.63) is 35.1 Å². The number of nitrogens with one attached hydrogen (secondary N) is 2. The van der Waals surface area contributed by atoms with Gasteiger partial charge in [0.05, 0.1) is 5.56 Å². The number of rotatable bonds is 8. The predicted octanol–water partition coefficient (Wildman–Crippen LogP) is 1.53. The third kappa shape index (κ3) is 5.36. The van der Waals surface area contributed by atoms with Crippen LogP contribution in [0, 0.1) is 5.82 Å². The fraction of sp³-hybridized carbons (Fsp3) is 0.429. The maximum Gasteiger partial charge on any atom is 0.335 e. The molecule has 3 N–H and O–H groups in total. The zero-order valence-corrected chi connectivity index (χ0v) is 11.4. The highest BCUT2D eigenvalue weighted by Gasteiger charge is 2.08. The molecule has 0 aliphatic heterocycles. The third-order valence-electron chi connectivity index (χ3n) is 2.71. The van der Waals surface area contributed by atoms with E-state index in [2.05, 4.69) is 10.6 Å². The lowest BCUT2D eigenvalue weighted by Crippen LogP contribution is -2.28. The number of carbonyl (C=O) groups excluding carboxylic acids is 1. The van der Waals surface area contributed by atoms with Gasteiger partial charge in [0.2, 0.25) is 5.91 Å². The summed E-state index contributed by atoms with van der Waals surface area (Å²) in [5.74, 6) is -1.61. The largest absolute Gasteiger partial charge is 0.478 e. The zero-order chi connectivity index (χ0) is 15.0. The number of carbonyl (C=O) groups is 2. The summed E-state index contributed by atoms with van der Waals surface area (Å²) in [6.07, 6.45) is 1.19. The summed E-state index contributed by atoms with van der Waals surface area (Å²) >= 11 is 0. The molecule has 0 saturated heterocycles. The van der Waals surface area contributed by atoms with Crippen LogP contribution in [0.3, 0.4) is 0 Å². The first-order valence-corrected chi connectivity index (χ1v) is 6.53. The summed E-state index contributed by atoms with van der Waals surface area (Å²) in [6, 6.07) is 3.65. The Balaban J connectivity index is 2.40. The number of carboxylic acid groups (broad SMARTS) is 1. The van der Waals surface area contributed by atoms with Crippen LogP contribution in [0.1, 0.15) is 35.7 Å². The van der Waals surface area contributed by atoms with E-state index in [1.165, 1.54) is 12.1 Å². The van der Waals surface area contributed by atoms with Gasteiger partial charge in [0.25, 0.3) is 0 Å². The number of aromatic carboxylic acids is 1. The van der Waals surface area contributed by atoms with E-state index < -0.39 is 11.8 Å². The van der Waals surface area contributed by atoms with Crippen molar-refractivity contribution in [1.29, 1.82) is 0 Å². The van der Waals surface area contributed by atoms with Crippen LogP contribution in [0.5, 0.6) is 0 Å². The smallest absolute Gasteiger partial charge is 0.335 e. The highest BCUT2D eigenvalue weighted by atomic mass is 19.1. The highest BCUT2D eigenvalue weighted by molar-refractivity contribution is 5.87. The van der Waals surface area contributed by atoms with Gasteiger partial charge in [-0.3, -0.25) is 4.79 Å². The van der Waals surface area contributed by atoms with Crippen molar-refractivity contribution in [3.8, 4) is 0 Å². The van der Waals surface area contributed by atoms with Crippen LogP contribution in [-0.2, 0) is 11.3 Å². The highest BCUT2D eigenvalue weighted by Crippen LogP contribution is 2.10. The second-order valence-electron chi connectivity index (χ2n) is 4.39. The van der Waals surface area contributed by atoms with Crippen molar-refractivity contribution < 1.29 is 19.1 Å². The summed E-state index contributed by atoms with van der Waals surface area (Å²) in [4.78, 5) is 22.1. The van der Waals surface area contributed by atoms with Crippen molar-refractivity contribution in [2.75, 3.05) is 13.1 Å². The van der Waals surface area contributed by atoms with E-state index in [0.29, 0.717) is 19.5 Å². The second-order valence-corrected chi connectivity index (χ2v) is 4.39. The molecule has 0 unspecified atom stereocenters. The van der Waals surface area contributed by atoms with Gasteiger partial charge in [0, 0.05) is 31.6 Å². The first-order valence-electron chi connectivity index (χ1n) is 6.53. The molecule has 0 radical (unpaired) electrons. The molecule has 110 valence electrons. The molecule has 0 bridgehead atoms. The van der Waals surface area contributed by atoms with E-state index in [-0.39, 0.29) is 23.6 Å². The maximum absolute atomic E-state index is 13.5. The van der Waals surface area contributed by atoms with Gasteiger partial charge in [-0.15, -0.1) is 0 Å². The maximum atomic E-state index is 13.5. The predicted molar refractivity (Wildman–Crippen MR) is 73.0 cm³/mol. The molecule has 1 rings (SSSR count). The van der Waals surface area contributed by atoms with E-state index in [0.717, 1.165) is 12.5 Å². The van der Waals surface area contributed by atoms with E-state index in [1.807, 2.05) is 6.92 Å². The zero-order valence-electron chi connectivity index (χ0n) is 11.4. The topological polar surface area (TPSA) is 78.4 Å². The molecule has 0 fully saturated rings. The number of amides is 1. The van der Waals surface area contributed by atoms with Crippen LogP contribution in [-0.4, -0.2) is 30.1 Å². The Bertz CT molecular complexity index is 477. The molecule has 0 heterocycles. The third-order valence-corrected chi connectivity index (χ3v) is 2.71. The average molecular weight is 282 g/mol. The normalized spacial score (nSPS) is 10.3. The Hall–Kier alpha value is -1.95. The summed E-state index contributed by atoms with van der Waals surface area (Å²) in [5.41, 5.74) is 0.322. The molecule has 0 saturated carbocycles. The van der Waals surface area contributed by atoms with Crippen molar-refractivity contribution in [3.63, 3.8) is 0 Å². The standard InChI is InChI=1S/C14H19FN2O3/c1-2-6-17-13(18)5-7-16-9-11-8-10(14(19)20)3-4-12(11)15/h3-4,8,16H,2,5-7,9H2,1H3,(H,17,18)(H,19,20). The minimum atomic E-state index is -1.09. The molecule has 5 nitrogen and oxygen atoms in total. The fourth-order valence-electron chi connectivity index (χ4n) is 1.62. The van der Waals surface area contributed by atoms with Crippen molar-refractivity contribution >= 4 is 11.9 Å². The van der Waals surface area contributed by atoms with Gasteiger partial charge in [-0.2, -0.15) is 0 Å². The molecule has 0 spiro atoms. The molecule has 0 aromatic heterocycles. The number of halogens is 1. The summed E-state index contributed by atoms with van der Waals surface area (Å²) < 4.78 is 13.5. The van der Waals surface area contributed by atoms with Crippen LogP contribution in [0.4, 0.5) is 4.39 Å². The summed E-state index contributed by atoms with van der Waals surface area (Å²) in [5, 5.41) is 14.5. The van der Waals surface area contributed by atoms with E-state index >= 15 is 0 Å². The lowest BCUT2D eigenvalue weighted by atomic mass is 10.1. The Kier molecular flexibility index (Phi) is 6.66. The van der Waals surface area contributed by atoms with Gasteiger partial charge < -0.3 is 15.7 Å². The molecule has 1 amide bonds. The molecule has 6 heteroatoms. The Morgan fingerprint density at radius 2 is 2.05 bits per heavy atom. The van der Waals surface area contributed by atoms with Crippen LogP contribution in [0.15, 0.2) is 18.2 Å². The number of carboxylic acids is 1. The van der Waals surface area contributed by atoms with E-state index in [1.54, 1.807) is 0 Å². The Morgan fingerprint density at radius 3 is 2.70 bits per heavy atom. The molecule has 1 aromatic carbocycles. The van der Waals surface area contributed by atoms with Gasteiger partial charge >= 0.3 is 5.97 Å². The Morgan fingerprint density at radius 1 is 1.30 bits per heavy atom. The molecule has 0 atom stereocenters. The Labute approximate surface area is 117 Å². The number of hydrogen-bond acceptors (Lipinski definition) is 3. The minimum absolute atomic E-state index is 0.0453. The van der Waals surface area contributed by atoms with E-state index in [4.69, 9.17) is 5.11 Å². The quantitative estimate of drug-likeness (QED) is 0.632. The van der Waals surface area contributed by atoms with Crippen LogP contribution >= 0.6 is 0 Å². The summed E-state index contributed by atoms with van der Waals surface area (Å²) in [6.45, 7) is 3.21. The van der Waals surface area contributed by atoms with Gasteiger partial charge in [-0.05, 0) is 24.6 Å². The fourth-order valence-corrected chi connectivity index (χ4v) is 1.62. The van der Waals surface area contributed by atoms with Crippen LogP contribution in [0.2, 0.25) is 0 Å². The molecule has 0 aliphatic rings. The van der Waals surface area contributed by atoms with Crippen molar-refractivity contribution in [2.24, 2.45) is 0 Å². The van der Waals surface area contributed by atoms with Crippen LogP contribution < -0.4 is 10.6 Å². The lowest BCUT2D eigenvalue weighted by molar-refractivity contribution is -0.120. The minimum Gasteiger partial charge on any atom is -0.478 e. The lowest BCUT2D eigenvalue weighted by Gasteiger charge is -2.07. The molecule has 0 aliphatic carbocycles. The molecule has 20 heavy (non-hydrogen) atoms. The van der Waals surface area contributed by atoms with E-state index in [9.17, 15) is 14.0 Å². The number of hydrogen-bond donors (Lipinski definition) is 3. The van der Waals surface area contributed by atoms with Gasteiger partial charge in [0.1, 0.15) is 5.82 Å². The first-order chi connectivity index (χ1) is 9.54. The average Bonchev–Trinajstić information content (AvgIpc) is 2.42. The van der Waals surface area contributed by atoms with Crippen molar-refractivity contribution in [1.82, 2.24) is 10.6 Å². The first kappa shape index (κ1) is 16.1. The van der Waals surface area contributed by atoms with Gasteiger partial charge in [-0.25, -0.2) is 9.18 Å². The molecular weight excluding hydrogens is 263 g/mol. The SMILES string of the molecule is CCCNC(=O)CCNCc1cc(C(=O)O)ccc1F. The number of benzene rings is 1. The van der Waals surface area contributed by atoms with Gasteiger partial charge in [-0.1, -0.05) is 6.92 Å².